The first-order valence-electron chi connectivity index (χ1n) is 6.57. The van der Waals surface area contributed by atoms with Gasteiger partial charge >= 0.3 is 0 Å². The van der Waals surface area contributed by atoms with Crippen molar-refractivity contribution >= 4 is 11.4 Å². The van der Waals surface area contributed by atoms with E-state index in [1.165, 1.54) is 0 Å². The van der Waals surface area contributed by atoms with E-state index >= 15 is 0 Å². The predicted molar refractivity (Wildman–Crippen MR) is 76.0 cm³/mol. The van der Waals surface area contributed by atoms with Crippen molar-refractivity contribution in [2.24, 2.45) is 0 Å². The molecule has 0 amide bonds. The molecule has 4 N–H and O–H groups in total. The quantitative estimate of drug-likeness (QED) is 0.622. The van der Waals surface area contributed by atoms with Gasteiger partial charge in [-0.15, -0.1) is 0 Å². The summed E-state index contributed by atoms with van der Waals surface area (Å²) < 4.78 is 5.58. The van der Waals surface area contributed by atoms with E-state index in [1.54, 1.807) is 0 Å². The summed E-state index contributed by atoms with van der Waals surface area (Å²) in [6, 6.07) is 6.04. The smallest absolute Gasteiger partial charge is 0.144 e. The number of hydrogen-bond donors (Lipinski definition) is 3. The third kappa shape index (κ3) is 4.45. The van der Waals surface area contributed by atoms with Gasteiger partial charge in [-0.2, -0.15) is 0 Å². The van der Waals surface area contributed by atoms with E-state index in [9.17, 15) is 0 Å². The number of benzene rings is 1. The van der Waals surface area contributed by atoms with Crippen LogP contribution in [0.25, 0.3) is 0 Å². The minimum Gasteiger partial charge on any atom is -0.491 e. The van der Waals surface area contributed by atoms with Gasteiger partial charge in [-0.25, -0.2) is 0 Å². The lowest BCUT2D eigenvalue weighted by Gasteiger charge is -2.18. The van der Waals surface area contributed by atoms with Crippen molar-refractivity contribution in [1.82, 2.24) is 0 Å². The Hall–Kier alpha value is -1.42. The number of ether oxygens (including phenoxy) is 1. The molecule has 0 saturated heterocycles. The van der Waals surface area contributed by atoms with Crippen molar-refractivity contribution in [3.05, 3.63) is 18.2 Å². The van der Waals surface area contributed by atoms with Gasteiger partial charge in [0.15, 0.2) is 0 Å². The Morgan fingerprint density at radius 3 is 2.89 bits per heavy atom. The van der Waals surface area contributed by atoms with E-state index in [2.05, 4.69) is 19.2 Å². The van der Waals surface area contributed by atoms with E-state index < -0.39 is 0 Å². The first-order chi connectivity index (χ1) is 8.69. The highest BCUT2D eigenvalue weighted by molar-refractivity contribution is 5.73. The highest BCUT2D eigenvalue weighted by Crippen LogP contribution is 2.30. The summed E-state index contributed by atoms with van der Waals surface area (Å²) in [5.74, 6) is 0.733. The SMILES string of the molecule is CCCOc1cccc(NC(C)CCCO)c1N. The fourth-order valence-corrected chi connectivity index (χ4v) is 1.74. The van der Waals surface area contributed by atoms with Crippen LogP contribution in [0.1, 0.15) is 33.1 Å². The second kappa shape index (κ2) is 7.82. The number of nitrogens with one attached hydrogen (secondary N) is 1. The fourth-order valence-electron chi connectivity index (χ4n) is 1.74. The average Bonchev–Trinajstić information content (AvgIpc) is 2.37. The Labute approximate surface area is 109 Å². The van der Waals surface area contributed by atoms with Crippen LogP contribution in [0.15, 0.2) is 18.2 Å². The molecule has 1 atom stereocenters. The molecule has 0 radical (unpaired) electrons. The second-order valence-corrected chi connectivity index (χ2v) is 4.48. The zero-order valence-electron chi connectivity index (χ0n) is 11.3. The number of nitrogens with two attached hydrogens (primary N) is 1. The van der Waals surface area contributed by atoms with E-state index in [1.807, 2.05) is 18.2 Å². The van der Waals surface area contributed by atoms with Crippen LogP contribution in [0.5, 0.6) is 5.75 Å². The molecular formula is C14H24N2O2. The molecule has 4 nitrogen and oxygen atoms in total. The van der Waals surface area contributed by atoms with Gasteiger partial charge in [-0.05, 0) is 38.3 Å². The molecule has 1 rings (SSSR count). The minimum absolute atomic E-state index is 0.223. The molecule has 4 heteroatoms. The normalized spacial score (nSPS) is 12.2. The lowest BCUT2D eigenvalue weighted by atomic mass is 10.1. The molecule has 102 valence electrons. The molecule has 0 aliphatic carbocycles. The average molecular weight is 252 g/mol. The van der Waals surface area contributed by atoms with Gasteiger partial charge in [-0.3, -0.25) is 0 Å². The predicted octanol–water partition coefficient (Wildman–Crippen LogP) is 2.63. The summed E-state index contributed by atoms with van der Waals surface area (Å²) in [6.07, 6.45) is 2.67. The molecule has 0 heterocycles. The number of aliphatic hydroxyl groups excluding tert-OH is 1. The van der Waals surface area contributed by atoms with Gasteiger partial charge in [-0.1, -0.05) is 13.0 Å². The molecule has 1 aromatic rings. The van der Waals surface area contributed by atoms with Crippen molar-refractivity contribution in [2.75, 3.05) is 24.3 Å². The molecule has 0 aromatic heterocycles. The Morgan fingerprint density at radius 1 is 1.44 bits per heavy atom. The Morgan fingerprint density at radius 2 is 2.22 bits per heavy atom. The van der Waals surface area contributed by atoms with Crippen LogP contribution in [0.2, 0.25) is 0 Å². The number of aliphatic hydroxyl groups is 1. The Balaban J connectivity index is 2.64. The number of para-hydroxylation sites is 1. The van der Waals surface area contributed by atoms with Gasteiger partial charge in [0.25, 0.3) is 0 Å². The van der Waals surface area contributed by atoms with Gasteiger partial charge in [0.1, 0.15) is 5.75 Å². The summed E-state index contributed by atoms with van der Waals surface area (Å²) in [6.45, 7) is 5.04. The molecule has 0 spiro atoms. The van der Waals surface area contributed by atoms with E-state index in [0.717, 1.165) is 30.7 Å². The van der Waals surface area contributed by atoms with Crippen LogP contribution < -0.4 is 15.8 Å². The zero-order valence-corrected chi connectivity index (χ0v) is 11.3. The summed E-state index contributed by atoms with van der Waals surface area (Å²) in [4.78, 5) is 0. The maximum Gasteiger partial charge on any atom is 0.144 e. The largest absolute Gasteiger partial charge is 0.491 e. The van der Waals surface area contributed by atoms with Crippen molar-refractivity contribution in [2.45, 2.75) is 39.2 Å². The number of hydrogen-bond acceptors (Lipinski definition) is 4. The van der Waals surface area contributed by atoms with Crippen LogP contribution in [-0.4, -0.2) is 24.4 Å². The highest BCUT2D eigenvalue weighted by atomic mass is 16.5. The van der Waals surface area contributed by atoms with Crippen LogP contribution >= 0.6 is 0 Å². The van der Waals surface area contributed by atoms with Gasteiger partial charge < -0.3 is 20.9 Å². The third-order valence-electron chi connectivity index (χ3n) is 2.72. The van der Waals surface area contributed by atoms with E-state index in [4.69, 9.17) is 15.6 Å². The molecule has 0 aliphatic heterocycles. The summed E-state index contributed by atoms with van der Waals surface area (Å²) in [5, 5.41) is 12.2. The Kier molecular flexibility index (Phi) is 6.36. The second-order valence-electron chi connectivity index (χ2n) is 4.48. The van der Waals surface area contributed by atoms with E-state index in [0.29, 0.717) is 12.3 Å². The van der Waals surface area contributed by atoms with Crippen LogP contribution in [0.3, 0.4) is 0 Å². The monoisotopic (exact) mass is 252 g/mol. The molecule has 0 fully saturated rings. The summed E-state index contributed by atoms with van der Waals surface area (Å²) in [5.41, 5.74) is 7.62. The fraction of sp³-hybridized carbons (Fsp3) is 0.571. The first-order valence-corrected chi connectivity index (χ1v) is 6.57. The van der Waals surface area contributed by atoms with Gasteiger partial charge in [0.2, 0.25) is 0 Å². The number of anilines is 2. The van der Waals surface area contributed by atoms with Gasteiger partial charge in [0, 0.05) is 12.6 Å². The van der Waals surface area contributed by atoms with Crippen molar-refractivity contribution < 1.29 is 9.84 Å². The molecule has 0 bridgehead atoms. The topological polar surface area (TPSA) is 67.5 Å². The highest BCUT2D eigenvalue weighted by Gasteiger charge is 2.08. The third-order valence-corrected chi connectivity index (χ3v) is 2.72. The van der Waals surface area contributed by atoms with Crippen LogP contribution in [-0.2, 0) is 0 Å². The maximum atomic E-state index is 8.80. The summed E-state index contributed by atoms with van der Waals surface area (Å²) in [7, 11) is 0. The van der Waals surface area contributed by atoms with E-state index in [-0.39, 0.29) is 12.6 Å². The number of nitrogen functional groups attached to an aromatic ring is 1. The molecule has 1 aromatic carbocycles. The lowest BCUT2D eigenvalue weighted by molar-refractivity contribution is 0.282. The van der Waals surface area contributed by atoms with Gasteiger partial charge in [0.05, 0.1) is 18.0 Å². The van der Waals surface area contributed by atoms with Crippen LogP contribution in [0, 0.1) is 0 Å². The standard InChI is InChI=1S/C14H24N2O2/c1-3-10-18-13-8-4-7-12(14(13)15)16-11(2)6-5-9-17/h4,7-8,11,16-17H,3,5-6,9-10,15H2,1-2H3. The molecular weight excluding hydrogens is 228 g/mol. The maximum absolute atomic E-state index is 8.80. The lowest BCUT2D eigenvalue weighted by Crippen LogP contribution is -2.16. The van der Waals surface area contributed by atoms with Crippen molar-refractivity contribution in [3.63, 3.8) is 0 Å². The van der Waals surface area contributed by atoms with Crippen molar-refractivity contribution in [1.29, 1.82) is 0 Å². The molecule has 1 unspecified atom stereocenters. The van der Waals surface area contributed by atoms with Crippen LogP contribution in [0.4, 0.5) is 11.4 Å². The first kappa shape index (κ1) is 14.6. The van der Waals surface area contributed by atoms with Crippen molar-refractivity contribution in [3.8, 4) is 5.75 Å². The molecule has 0 aliphatic rings. The molecule has 18 heavy (non-hydrogen) atoms. The molecule has 0 saturated carbocycles. The zero-order chi connectivity index (χ0) is 13.4. The Bertz CT molecular complexity index is 356. The summed E-state index contributed by atoms with van der Waals surface area (Å²) >= 11 is 0. The number of rotatable bonds is 8. The minimum atomic E-state index is 0.223.